The summed E-state index contributed by atoms with van der Waals surface area (Å²) in [6.45, 7) is 2.98. The Balaban J connectivity index is 1.86. The lowest BCUT2D eigenvalue weighted by Gasteiger charge is -2.24. The van der Waals surface area contributed by atoms with Crippen molar-refractivity contribution in [3.05, 3.63) is 30.1 Å². The van der Waals surface area contributed by atoms with Crippen molar-refractivity contribution in [2.75, 3.05) is 33.7 Å². The zero-order valence-corrected chi connectivity index (χ0v) is 12.4. The third-order valence-corrected chi connectivity index (χ3v) is 3.90. The fourth-order valence-electron chi connectivity index (χ4n) is 2.68. The quantitative estimate of drug-likeness (QED) is 0.908. The predicted octanol–water partition coefficient (Wildman–Crippen LogP) is 1.75. The molecule has 2 heterocycles. The lowest BCUT2D eigenvalue weighted by atomic mass is 10.2. The molecule has 112 valence electrons. The average Bonchev–Trinajstić information content (AvgIpc) is 2.87. The van der Waals surface area contributed by atoms with Crippen LogP contribution in [0.1, 0.15) is 18.3 Å². The zero-order valence-electron chi connectivity index (χ0n) is 12.4. The van der Waals surface area contributed by atoms with Crippen LogP contribution in [0, 0.1) is 0 Å². The molecule has 0 saturated carbocycles. The van der Waals surface area contributed by atoms with Gasteiger partial charge in [-0.2, -0.15) is 4.98 Å². The monoisotopic (exact) mass is 288 g/mol. The number of aromatic hydroxyl groups is 1. The van der Waals surface area contributed by atoms with Crippen LogP contribution in [-0.4, -0.2) is 58.8 Å². The van der Waals surface area contributed by atoms with Crippen LogP contribution >= 0.6 is 0 Å². The maximum atomic E-state index is 9.54. The molecule has 0 amide bonds. The van der Waals surface area contributed by atoms with Gasteiger partial charge in [-0.1, -0.05) is 11.2 Å². The number of aromatic nitrogens is 2. The molecule has 1 N–H and O–H groups in total. The second-order valence-corrected chi connectivity index (χ2v) is 5.62. The lowest BCUT2D eigenvalue weighted by molar-refractivity contribution is 0.215. The molecular formula is C15H20N4O2. The van der Waals surface area contributed by atoms with Gasteiger partial charge in [-0.25, -0.2) is 0 Å². The smallest absolute Gasteiger partial charge is 0.258 e. The zero-order chi connectivity index (χ0) is 14.8. The molecule has 1 unspecified atom stereocenters. The molecule has 1 aliphatic rings. The largest absolute Gasteiger partial charge is 0.508 e. The van der Waals surface area contributed by atoms with Crippen molar-refractivity contribution in [2.24, 2.45) is 0 Å². The number of hydrogen-bond acceptors (Lipinski definition) is 6. The number of nitrogens with zero attached hydrogens (tertiary/aromatic N) is 4. The number of hydrogen-bond donors (Lipinski definition) is 1. The minimum Gasteiger partial charge on any atom is -0.508 e. The van der Waals surface area contributed by atoms with Crippen molar-refractivity contribution in [2.45, 2.75) is 12.5 Å². The highest BCUT2D eigenvalue weighted by Crippen LogP contribution is 2.25. The van der Waals surface area contributed by atoms with Crippen LogP contribution in [0.2, 0.25) is 0 Å². The normalized spacial score (nSPS) is 21.3. The summed E-state index contributed by atoms with van der Waals surface area (Å²) >= 11 is 0. The van der Waals surface area contributed by atoms with E-state index in [1.54, 1.807) is 18.2 Å². The van der Waals surface area contributed by atoms with Gasteiger partial charge in [0.15, 0.2) is 5.82 Å². The van der Waals surface area contributed by atoms with Crippen molar-refractivity contribution in [1.82, 2.24) is 19.9 Å². The summed E-state index contributed by atoms with van der Waals surface area (Å²) < 4.78 is 5.37. The van der Waals surface area contributed by atoms with Crippen LogP contribution in [-0.2, 0) is 0 Å². The molecule has 0 radical (unpaired) electrons. The Morgan fingerprint density at radius 2 is 2.14 bits per heavy atom. The molecule has 1 saturated heterocycles. The van der Waals surface area contributed by atoms with Gasteiger partial charge in [0, 0.05) is 12.1 Å². The van der Waals surface area contributed by atoms with E-state index in [1.165, 1.54) is 0 Å². The third kappa shape index (κ3) is 3.06. The van der Waals surface area contributed by atoms with Gasteiger partial charge in [-0.3, -0.25) is 4.90 Å². The van der Waals surface area contributed by atoms with E-state index < -0.39 is 0 Å². The fraction of sp³-hybridized carbons (Fsp3) is 0.467. The van der Waals surface area contributed by atoms with Gasteiger partial charge in [-0.05, 0) is 51.8 Å². The summed E-state index contributed by atoms with van der Waals surface area (Å²) in [5.41, 5.74) is 0.735. The van der Waals surface area contributed by atoms with Gasteiger partial charge in [0.2, 0.25) is 0 Å². The molecule has 21 heavy (non-hydrogen) atoms. The topological polar surface area (TPSA) is 65.6 Å². The first-order valence-electron chi connectivity index (χ1n) is 7.15. The molecule has 6 nitrogen and oxygen atoms in total. The molecule has 1 aromatic carbocycles. The van der Waals surface area contributed by atoms with Gasteiger partial charge in [0.05, 0.1) is 6.04 Å². The lowest BCUT2D eigenvalue weighted by Crippen LogP contribution is -2.31. The standard InChI is InChI=1S/C15H20N4O2/c1-18-7-4-8-19(2)13(10-18)14-16-15(21-17-14)11-5-3-6-12(20)9-11/h3,5-6,9,13,20H,4,7-8,10H2,1-2H3. The third-order valence-electron chi connectivity index (χ3n) is 3.90. The fourth-order valence-corrected chi connectivity index (χ4v) is 2.68. The van der Waals surface area contributed by atoms with E-state index in [9.17, 15) is 5.11 Å². The first-order valence-corrected chi connectivity index (χ1v) is 7.15. The van der Waals surface area contributed by atoms with Crippen LogP contribution in [0.4, 0.5) is 0 Å². The van der Waals surface area contributed by atoms with E-state index in [0.29, 0.717) is 11.7 Å². The van der Waals surface area contributed by atoms with E-state index in [1.807, 2.05) is 6.07 Å². The Labute approximate surface area is 124 Å². The van der Waals surface area contributed by atoms with Crippen molar-refractivity contribution in [3.63, 3.8) is 0 Å². The minimum atomic E-state index is 0.132. The highest BCUT2D eigenvalue weighted by molar-refractivity contribution is 5.55. The number of phenols is 1. The first kappa shape index (κ1) is 14.0. The van der Waals surface area contributed by atoms with Crippen molar-refractivity contribution >= 4 is 0 Å². The molecule has 6 heteroatoms. The highest BCUT2D eigenvalue weighted by atomic mass is 16.5. The Hall–Kier alpha value is -1.92. The van der Waals surface area contributed by atoms with E-state index in [4.69, 9.17) is 4.52 Å². The van der Waals surface area contributed by atoms with E-state index in [2.05, 4.69) is 34.0 Å². The van der Waals surface area contributed by atoms with Crippen molar-refractivity contribution in [3.8, 4) is 17.2 Å². The molecule has 1 atom stereocenters. The molecule has 2 aromatic rings. The summed E-state index contributed by atoms with van der Waals surface area (Å²) in [5.74, 6) is 1.34. The summed E-state index contributed by atoms with van der Waals surface area (Å²) in [6, 6.07) is 6.99. The summed E-state index contributed by atoms with van der Waals surface area (Å²) in [7, 11) is 4.20. The second kappa shape index (κ2) is 5.83. The number of phenolic OH excluding ortho intramolecular Hbond substituents is 1. The molecule has 1 fully saturated rings. The maximum absolute atomic E-state index is 9.54. The van der Waals surface area contributed by atoms with E-state index in [-0.39, 0.29) is 11.8 Å². The first-order chi connectivity index (χ1) is 10.1. The average molecular weight is 288 g/mol. The van der Waals surface area contributed by atoms with Gasteiger partial charge >= 0.3 is 0 Å². The van der Waals surface area contributed by atoms with Crippen LogP contribution in [0.15, 0.2) is 28.8 Å². The van der Waals surface area contributed by atoms with Crippen LogP contribution in [0.25, 0.3) is 11.5 Å². The molecule has 1 aliphatic heterocycles. The SMILES string of the molecule is CN1CCCN(C)C(c2noc(-c3cccc(O)c3)n2)C1. The maximum Gasteiger partial charge on any atom is 0.258 e. The van der Waals surface area contributed by atoms with Gasteiger partial charge in [-0.15, -0.1) is 0 Å². The van der Waals surface area contributed by atoms with Crippen molar-refractivity contribution < 1.29 is 9.63 Å². The molecule has 1 aromatic heterocycles. The Morgan fingerprint density at radius 3 is 2.95 bits per heavy atom. The number of rotatable bonds is 2. The second-order valence-electron chi connectivity index (χ2n) is 5.62. The van der Waals surface area contributed by atoms with Gasteiger partial charge in [0.25, 0.3) is 5.89 Å². The van der Waals surface area contributed by atoms with Gasteiger partial charge in [0.1, 0.15) is 5.75 Å². The summed E-state index contributed by atoms with van der Waals surface area (Å²) in [5, 5.41) is 13.7. The van der Waals surface area contributed by atoms with E-state index in [0.717, 1.165) is 31.6 Å². The molecule has 0 bridgehead atoms. The van der Waals surface area contributed by atoms with Gasteiger partial charge < -0.3 is 14.5 Å². The predicted molar refractivity (Wildman–Crippen MR) is 78.9 cm³/mol. The number of benzene rings is 1. The Morgan fingerprint density at radius 1 is 1.29 bits per heavy atom. The summed E-state index contributed by atoms with van der Waals surface area (Å²) in [6.07, 6.45) is 1.14. The highest BCUT2D eigenvalue weighted by Gasteiger charge is 2.26. The minimum absolute atomic E-state index is 0.132. The van der Waals surface area contributed by atoms with Crippen LogP contribution in [0.5, 0.6) is 5.75 Å². The molecule has 3 rings (SSSR count). The van der Waals surface area contributed by atoms with E-state index >= 15 is 0 Å². The number of likely N-dealkylation sites (N-methyl/N-ethyl adjacent to an activating group) is 2. The molecular weight excluding hydrogens is 268 g/mol. The van der Waals surface area contributed by atoms with Crippen LogP contribution < -0.4 is 0 Å². The molecule has 0 spiro atoms. The Kier molecular flexibility index (Phi) is 3.90. The summed E-state index contributed by atoms with van der Waals surface area (Å²) in [4.78, 5) is 9.07. The van der Waals surface area contributed by atoms with Crippen LogP contribution in [0.3, 0.4) is 0 Å². The molecule has 0 aliphatic carbocycles. The van der Waals surface area contributed by atoms with Crippen molar-refractivity contribution in [1.29, 1.82) is 0 Å². The Bertz CT molecular complexity index is 613.